The molecule has 8 nitrogen and oxygen atoms in total. The zero-order valence-corrected chi connectivity index (χ0v) is 19.5. The maximum absolute atomic E-state index is 13.7. The number of benzene rings is 1. The summed E-state index contributed by atoms with van der Waals surface area (Å²) in [6.07, 6.45) is 1.70. The highest BCUT2D eigenvalue weighted by Crippen LogP contribution is 2.42. The minimum Gasteiger partial charge on any atom is -0.387 e. The summed E-state index contributed by atoms with van der Waals surface area (Å²) in [5.41, 5.74) is 2.75. The van der Waals surface area contributed by atoms with Crippen LogP contribution in [0.15, 0.2) is 30.6 Å². The van der Waals surface area contributed by atoms with E-state index in [0.717, 1.165) is 29.2 Å². The normalized spacial score (nSPS) is 26.2. The van der Waals surface area contributed by atoms with Crippen molar-refractivity contribution in [1.29, 1.82) is 0 Å². The smallest absolute Gasteiger partial charge is 0.231 e. The lowest BCUT2D eigenvalue weighted by atomic mass is 9.89. The van der Waals surface area contributed by atoms with Gasteiger partial charge in [0.15, 0.2) is 0 Å². The lowest BCUT2D eigenvalue weighted by Gasteiger charge is -2.40. The second kappa shape index (κ2) is 9.54. The number of rotatable bonds is 4. The van der Waals surface area contributed by atoms with Crippen LogP contribution in [0.3, 0.4) is 0 Å². The first-order chi connectivity index (χ1) is 16.0. The number of aliphatic hydroxyl groups is 1. The Labute approximate surface area is 198 Å². The van der Waals surface area contributed by atoms with E-state index in [9.17, 15) is 9.90 Å². The van der Waals surface area contributed by atoms with Crippen LogP contribution in [0.5, 0.6) is 0 Å². The molecule has 1 aromatic carbocycles. The summed E-state index contributed by atoms with van der Waals surface area (Å²) < 4.78 is 5.68. The fraction of sp³-hybridized carbons (Fsp3) is 0.542. The van der Waals surface area contributed by atoms with Crippen LogP contribution in [0.25, 0.3) is 0 Å². The Morgan fingerprint density at radius 1 is 1.21 bits per heavy atom. The molecule has 9 heteroatoms. The molecule has 2 aliphatic heterocycles. The summed E-state index contributed by atoms with van der Waals surface area (Å²) in [6, 6.07) is 7.48. The third-order valence-corrected chi connectivity index (χ3v) is 7.27. The maximum Gasteiger partial charge on any atom is 0.231 e. The molecule has 3 heterocycles. The van der Waals surface area contributed by atoms with E-state index >= 15 is 0 Å². The summed E-state index contributed by atoms with van der Waals surface area (Å²) >= 11 is 6.10. The highest BCUT2D eigenvalue weighted by atomic mass is 35.5. The number of piperazine rings is 1. The standard InChI is InChI=1S/C24H30ClN5O3/c1-15-12-19(31)22-20(15)23(28-14-27-22)29-7-9-30(10-8-29)24(32)21(18-13-33-11-6-26-18)16-2-4-17(25)5-3-16/h2-5,14-15,18-19,21,26,31H,6-13H2,1H3/t15-,18?,19-,21?/m1/s1. The highest BCUT2D eigenvalue weighted by Gasteiger charge is 2.37. The van der Waals surface area contributed by atoms with Gasteiger partial charge >= 0.3 is 0 Å². The van der Waals surface area contributed by atoms with E-state index in [4.69, 9.17) is 16.3 Å². The van der Waals surface area contributed by atoms with E-state index in [0.29, 0.717) is 50.8 Å². The van der Waals surface area contributed by atoms with Gasteiger partial charge in [0.05, 0.1) is 30.9 Å². The lowest BCUT2D eigenvalue weighted by Crippen LogP contribution is -2.55. The number of carbonyl (C=O) groups excluding carboxylic acids is 1. The van der Waals surface area contributed by atoms with Gasteiger partial charge in [0.2, 0.25) is 5.91 Å². The van der Waals surface area contributed by atoms with Crippen molar-refractivity contribution < 1.29 is 14.6 Å². The average Bonchev–Trinajstić information content (AvgIpc) is 3.15. The maximum atomic E-state index is 13.7. The summed E-state index contributed by atoms with van der Waals surface area (Å²) in [4.78, 5) is 26.8. The molecule has 0 saturated carbocycles. The molecule has 0 bridgehead atoms. The van der Waals surface area contributed by atoms with Gasteiger partial charge in [0, 0.05) is 49.4 Å². The summed E-state index contributed by atoms with van der Waals surface area (Å²) in [7, 11) is 0. The van der Waals surface area contributed by atoms with Crippen molar-refractivity contribution in [3.8, 4) is 0 Å². The van der Waals surface area contributed by atoms with Gasteiger partial charge in [0.1, 0.15) is 12.1 Å². The van der Waals surface area contributed by atoms with Gasteiger partial charge < -0.3 is 25.0 Å². The SMILES string of the molecule is C[C@@H]1C[C@@H](O)c2ncnc(N3CCN(C(=O)C(c4ccc(Cl)cc4)C4COCCN4)CC3)c21. The minimum absolute atomic E-state index is 0.0714. The number of aromatic nitrogens is 2. The van der Waals surface area contributed by atoms with Crippen LogP contribution >= 0.6 is 11.6 Å². The Kier molecular flexibility index (Phi) is 6.51. The third-order valence-electron chi connectivity index (χ3n) is 7.02. The molecule has 3 aliphatic rings. The third kappa shape index (κ3) is 4.45. The van der Waals surface area contributed by atoms with E-state index < -0.39 is 6.10 Å². The molecule has 2 saturated heterocycles. The van der Waals surface area contributed by atoms with Crippen LogP contribution in [0.1, 0.15) is 48.1 Å². The van der Waals surface area contributed by atoms with Gasteiger partial charge in [-0.1, -0.05) is 30.7 Å². The average molecular weight is 472 g/mol. The number of hydrogen-bond donors (Lipinski definition) is 2. The molecule has 2 aromatic rings. The number of fused-ring (bicyclic) bond motifs is 1. The van der Waals surface area contributed by atoms with Crippen molar-refractivity contribution in [3.05, 3.63) is 52.4 Å². The van der Waals surface area contributed by atoms with Gasteiger partial charge in [0.25, 0.3) is 0 Å². The molecular weight excluding hydrogens is 442 g/mol. The van der Waals surface area contributed by atoms with E-state index in [-0.39, 0.29) is 23.8 Å². The molecule has 2 unspecified atom stereocenters. The van der Waals surface area contributed by atoms with Crippen molar-refractivity contribution in [2.75, 3.05) is 50.8 Å². The van der Waals surface area contributed by atoms with Gasteiger partial charge in [-0.15, -0.1) is 0 Å². The number of aliphatic hydroxyl groups excluding tert-OH is 1. The molecule has 2 fully saturated rings. The molecule has 2 N–H and O–H groups in total. The first-order valence-corrected chi connectivity index (χ1v) is 12.0. The van der Waals surface area contributed by atoms with Crippen molar-refractivity contribution in [1.82, 2.24) is 20.2 Å². The Balaban J connectivity index is 1.32. The quantitative estimate of drug-likeness (QED) is 0.705. The predicted octanol–water partition coefficient (Wildman–Crippen LogP) is 2.09. The number of nitrogens with zero attached hydrogens (tertiary/aromatic N) is 4. The molecule has 5 rings (SSSR count). The topological polar surface area (TPSA) is 90.8 Å². The van der Waals surface area contributed by atoms with E-state index in [1.165, 1.54) is 6.33 Å². The first-order valence-electron chi connectivity index (χ1n) is 11.7. The molecule has 0 spiro atoms. The Morgan fingerprint density at radius 3 is 2.67 bits per heavy atom. The lowest BCUT2D eigenvalue weighted by molar-refractivity contribution is -0.134. The van der Waals surface area contributed by atoms with Crippen molar-refractivity contribution in [2.45, 2.75) is 37.3 Å². The number of anilines is 1. The van der Waals surface area contributed by atoms with Crippen LogP contribution in [0.2, 0.25) is 5.02 Å². The van der Waals surface area contributed by atoms with Crippen molar-refractivity contribution in [3.63, 3.8) is 0 Å². The van der Waals surface area contributed by atoms with Gasteiger partial charge in [-0.2, -0.15) is 0 Å². The zero-order chi connectivity index (χ0) is 22.9. The number of carbonyl (C=O) groups is 1. The van der Waals surface area contributed by atoms with Crippen LogP contribution in [-0.2, 0) is 9.53 Å². The fourth-order valence-corrected chi connectivity index (χ4v) is 5.43. The van der Waals surface area contributed by atoms with E-state index in [1.54, 1.807) is 0 Å². The molecule has 176 valence electrons. The number of halogens is 1. The molecule has 0 radical (unpaired) electrons. The predicted molar refractivity (Wildman–Crippen MR) is 126 cm³/mol. The number of nitrogens with one attached hydrogen (secondary N) is 1. The molecule has 1 aromatic heterocycles. The molecule has 4 atom stereocenters. The Morgan fingerprint density at radius 2 is 1.97 bits per heavy atom. The molecule has 33 heavy (non-hydrogen) atoms. The second-order valence-electron chi connectivity index (χ2n) is 9.13. The van der Waals surface area contributed by atoms with Crippen molar-refractivity contribution >= 4 is 23.3 Å². The number of morpholine rings is 1. The molecule has 1 amide bonds. The Hall–Kier alpha value is -2.26. The molecular formula is C24H30ClN5O3. The van der Waals surface area contributed by atoms with Crippen LogP contribution in [0, 0.1) is 0 Å². The fourth-order valence-electron chi connectivity index (χ4n) is 5.31. The molecule has 1 aliphatic carbocycles. The monoisotopic (exact) mass is 471 g/mol. The van der Waals surface area contributed by atoms with Gasteiger partial charge in [-0.3, -0.25) is 4.79 Å². The second-order valence-corrected chi connectivity index (χ2v) is 9.56. The van der Waals surface area contributed by atoms with E-state index in [1.807, 2.05) is 29.2 Å². The van der Waals surface area contributed by atoms with Crippen LogP contribution in [0.4, 0.5) is 5.82 Å². The Bertz CT molecular complexity index is 990. The summed E-state index contributed by atoms with van der Waals surface area (Å²) in [6.45, 7) is 6.63. The number of hydrogen-bond acceptors (Lipinski definition) is 7. The van der Waals surface area contributed by atoms with Gasteiger partial charge in [-0.05, 0) is 30.0 Å². The summed E-state index contributed by atoms with van der Waals surface area (Å²) in [5.74, 6) is 0.898. The van der Waals surface area contributed by atoms with Crippen molar-refractivity contribution in [2.24, 2.45) is 0 Å². The number of amides is 1. The van der Waals surface area contributed by atoms with Gasteiger partial charge in [-0.25, -0.2) is 9.97 Å². The first kappa shape index (κ1) is 22.5. The number of ether oxygens (including phenoxy) is 1. The van der Waals surface area contributed by atoms with Crippen LogP contribution < -0.4 is 10.2 Å². The largest absolute Gasteiger partial charge is 0.387 e. The highest BCUT2D eigenvalue weighted by molar-refractivity contribution is 6.30. The summed E-state index contributed by atoms with van der Waals surface area (Å²) in [5, 5.41) is 14.4. The van der Waals surface area contributed by atoms with Crippen LogP contribution in [-0.4, -0.2) is 77.9 Å². The zero-order valence-electron chi connectivity index (χ0n) is 18.8. The minimum atomic E-state index is -0.523. The van der Waals surface area contributed by atoms with E-state index in [2.05, 4.69) is 27.1 Å².